The van der Waals surface area contributed by atoms with Crippen LogP contribution >= 0.6 is 0 Å². The number of ether oxygens (including phenoxy) is 1. The molecule has 6 rings (SSSR count). The van der Waals surface area contributed by atoms with Crippen LogP contribution in [0.2, 0.25) is 0 Å². The molecular formula is C27H35N2O8+. The second-order valence-electron chi connectivity index (χ2n) is 11.9. The minimum absolute atomic E-state index is 0.0232. The van der Waals surface area contributed by atoms with Crippen LogP contribution in [0.4, 0.5) is 0 Å². The number of carbonyl (C=O) groups excluding carboxylic acids is 2. The Morgan fingerprint density at radius 2 is 2.16 bits per heavy atom. The zero-order valence-corrected chi connectivity index (χ0v) is 21.1. The van der Waals surface area contributed by atoms with Crippen LogP contribution in [0.3, 0.4) is 0 Å². The predicted octanol–water partition coefficient (Wildman–Crippen LogP) is 0.772. The highest BCUT2D eigenvalue weighted by atomic mass is 16.6. The number of nitrogens with one attached hydrogen (secondary N) is 1. The number of aliphatic hydroxyl groups is 2. The van der Waals surface area contributed by atoms with Crippen LogP contribution in [0.1, 0.15) is 61.6 Å². The minimum Gasteiger partial charge on any atom is -0.481 e. The number of benzene rings is 1. The van der Waals surface area contributed by atoms with Crippen molar-refractivity contribution in [3.63, 3.8) is 0 Å². The fourth-order valence-electron chi connectivity index (χ4n) is 7.87. The van der Waals surface area contributed by atoms with E-state index in [-0.39, 0.29) is 36.8 Å². The number of aldehydes is 1. The summed E-state index contributed by atoms with van der Waals surface area (Å²) < 4.78 is 7.12. The first-order valence-electron chi connectivity index (χ1n) is 13.3. The Balaban J connectivity index is 1.42. The number of hydrogen-bond acceptors (Lipinski definition) is 8. The summed E-state index contributed by atoms with van der Waals surface area (Å²) in [5.41, 5.74) is 2.82. The van der Waals surface area contributed by atoms with Crippen LogP contribution in [0, 0.1) is 5.92 Å². The van der Waals surface area contributed by atoms with E-state index >= 15 is 0 Å². The Kier molecular flexibility index (Phi) is 5.69. The van der Waals surface area contributed by atoms with Gasteiger partial charge in [-0.2, -0.15) is 0 Å². The molecule has 1 aromatic carbocycles. The molecule has 2 heterocycles. The lowest BCUT2D eigenvalue weighted by Crippen LogP contribution is -2.80. The van der Waals surface area contributed by atoms with E-state index in [1.165, 1.54) is 12.8 Å². The van der Waals surface area contributed by atoms with Crippen LogP contribution in [0.15, 0.2) is 6.07 Å². The molecule has 1 saturated heterocycles. The van der Waals surface area contributed by atoms with E-state index in [4.69, 9.17) is 14.7 Å². The van der Waals surface area contributed by atoms with Crippen molar-refractivity contribution < 1.29 is 43.8 Å². The van der Waals surface area contributed by atoms with E-state index in [0.29, 0.717) is 42.8 Å². The van der Waals surface area contributed by atoms with Crippen LogP contribution in [-0.2, 0) is 32.8 Å². The number of ketones is 1. The van der Waals surface area contributed by atoms with Crippen molar-refractivity contribution in [2.75, 3.05) is 20.1 Å². The second kappa shape index (κ2) is 8.49. The molecule has 200 valence electrons. The van der Waals surface area contributed by atoms with Gasteiger partial charge in [0.1, 0.15) is 23.7 Å². The van der Waals surface area contributed by atoms with E-state index in [9.17, 15) is 24.6 Å². The average Bonchev–Trinajstić information content (AvgIpc) is 3.59. The van der Waals surface area contributed by atoms with Gasteiger partial charge in [0.25, 0.3) is 0 Å². The van der Waals surface area contributed by atoms with Gasteiger partial charge in [-0.25, -0.2) is 0 Å². The molecule has 10 heteroatoms. The molecule has 0 amide bonds. The maximum atomic E-state index is 13.2. The Bertz CT molecular complexity index is 1170. The Labute approximate surface area is 215 Å². The van der Waals surface area contributed by atoms with Crippen LogP contribution in [0.5, 0.6) is 11.5 Å². The molecule has 0 aromatic heterocycles. The van der Waals surface area contributed by atoms with Crippen molar-refractivity contribution in [2.24, 2.45) is 5.92 Å². The summed E-state index contributed by atoms with van der Waals surface area (Å²) in [5, 5.41) is 31.8. The third-order valence-electron chi connectivity index (χ3n) is 9.79. The Morgan fingerprint density at radius 1 is 1.38 bits per heavy atom. The Hall–Kier alpha value is -2.53. The first-order valence-corrected chi connectivity index (χ1v) is 13.3. The number of aliphatic carboxylic acids is 1. The second-order valence-corrected chi connectivity index (χ2v) is 11.9. The summed E-state index contributed by atoms with van der Waals surface area (Å²) in [6.45, 7) is 1.44. The lowest BCUT2D eigenvalue weighted by molar-refractivity contribution is -0.950. The fraction of sp³-hybridized carbons (Fsp3) is 0.667. The highest BCUT2D eigenvalue weighted by molar-refractivity contribution is 5.90. The lowest BCUT2D eigenvalue weighted by Gasteiger charge is -2.64. The highest BCUT2D eigenvalue weighted by Gasteiger charge is 2.76. The number of carbonyl (C=O) groups is 3. The molecule has 10 nitrogen and oxygen atoms in total. The van der Waals surface area contributed by atoms with Gasteiger partial charge in [-0.15, -0.1) is 5.48 Å². The zero-order chi connectivity index (χ0) is 26.2. The van der Waals surface area contributed by atoms with Gasteiger partial charge in [0.05, 0.1) is 43.8 Å². The van der Waals surface area contributed by atoms with E-state index in [0.717, 1.165) is 28.7 Å². The Morgan fingerprint density at radius 3 is 2.84 bits per heavy atom. The summed E-state index contributed by atoms with van der Waals surface area (Å²) in [7, 11) is 2.24. The van der Waals surface area contributed by atoms with Crippen molar-refractivity contribution >= 4 is 18.0 Å². The number of quaternary nitrogens is 1. The van der Waals surface area contributed by atoms with Gasteiger partial charge in [-0.05, 0) is 37.3 Å². The molecule has 1 spiro atoms. The SMILES string of the molecule is C[N@+]1(CC2CC2)CC[C@]23c4c5cc(ON[C@H](C=O)CCC(=O)O)c(CO)c4O[C@H]2C(=O)CC[C@@]3(O)[C@@H]1C5. The van der Waals surface area contributed by atoms with Crippen molar-refractivity contribution in [3.05, 3.63) is 22.8 Å². The number of nitrogens with zero attached hydrogens (tertiary/aromatic N) is 1. The molecule has 5 aliphatic rings. The molecule has 4 N–H and O–H groups in total. The highest BCUT2D eigenvalue weighted by Crippen LogP contribution is 2.66. The van der Waals surface area contributed by atoms with E-state index in [2.05, 4.69) is 12.5 Å². The number of piperidine rings is 1. The summed E-state index contributed by atoms with van der Waals surface area (Å²) >= 11 is 0. The minimum atomic E-state index is -1.08. The first-order chi connectivity index (χ1) is 17.7. The molecule has 2 saturated carbocycles. The smallest absolute Gasteiger partial charge is 0.303 e. The standard InChI is InChI=1S/C27H34N2O8/c1-29(12-15-2-3-15)9-8-26-23-16-10-20(37-28-17(13-30)4-5-22(33)34)18(14-31)24(23)36-25(26)19(32)6-7-27(26,35)21(29)11-16/h10,13,15,17,21,25,28,31,35H,2-9,11-12,14H2,1H3/p+1/t17-,21-,25-,26-,27+,29+/m0/s1. The zero-order valence-electron chi connectivity index (χ0n) is 21.1. The maximum absolute atomic E-state index is 13.2. The van der Waals surface area contributed by atoms with Crippen molar-refractivity contribution in [2.45, 2.75) is 87.2 Å². The first kappa shape index (κ1) is 24.8. The van der Waals surface area contributed by atoms with E-state index in [1.807, 2.05) is 6.07 Å². The number of likely N-dealkylation sites (N-methyl/N-ethyl adjacent to an activating group) is 1. The summed E-state index contributed by atoms with van der Waals surface area (Å²) in [5.74, 6) is 0.315. The normalized spacial score (nSPS) is 35.9. The quantitative estimate of drug-likeness (QED) is 0.202. The number of Topliss-reactive ketones (excluding diaryl/α,β-unsaturated/α-hetero) is 1. The average molecular weight is 516 g/mol. The predicted molar refractivity (Wildman–Crippen MR) is 129 cm³/mol. The van der Waals surface area contributed by atoms with Crippen molar-refractivity contribution in [3.8, 4) is 11.5 Å². The molecular weight excluding hydrogens is 480 g/mol. The molecule has 1 aromatic rings. The molecule has 2 aliphatic heterocycles. The number of hydroxylamine groups is 1. The maximum Gasteiger partial charge on any atom is 0.303 e. The monoisotopic (exact) mass is 515 g/mol. The van der Waals surface area contributed by atoms with Crippen LogP contribution < -0.4 is 15.1 Å². The van der Waals surface area contributed by atoms with Gasteiger partial charge in [0.15, 0.2) is 17.6 Å². The van der Waals surface area contributed by atoms with E-state index < -0.39 is 35.7 Å². The molecule has 6 atom stereocenters. The van der Waals surface area contributed by atoms with Gasteiger partial charge in [-0.3, -0.25) is 9.59 Å². The van der Waals surface area contributed by atoms with E-state index in [1.54, 1.807) is 0 Å². The largest absolute Gasteiger partial charge is 0.481 e. The number of aliphatic hydroxyl groups excluding tert-OH is 1. The lowest BCUT2D eigenvalue weighted by atomic mass is 9.48. The molecule has 37 heavy (non-hydrogen) atoms. The molecule has 0 radical (unpaired) electrons. The van der Waals surface area contributed by atoms with Crippen LogP contribution in [0.25, 0.3) is 0 Å². The molecule has 0 unspecified atom stereocenters. The number of carboxylic acids is 1. The number of carboxylic acid groups (broad SMARTS) is 1. The third-order valence-corrected chi connectivity index (χ3v) is 9.79. The van der Waals surface area contributed by atoms with Gasteiger partial charge in [0.2, 0.25) is 0 Å². The number of likely N-dealkylation sites (tertiary alicyclic amines) is 1. The summed E-state index contributed by atoms with van der Waals surface area (Å²) in [6, 6.07) is 0.889. The molecule has 3 fully saturated rings. The third kappa shape index (κ3) is 3.49. The van der Waals surface area contributed by atoms with Crippen molar-refractivity contribution in [1.29, 1.82) is 0 Å². The summed E-state index contributed by atoms with van der Waals surface area (Å²) in [4.78, 5) is 41.4. The molecule has 2 bridgehead atoms. The van der Waals surface area contributed by atoms with Gasteiger partial charge < -0.3 is 34.2 Å². The molecule has 3 aliphatic carbocycles. The van der Waals surface area contributed by atoms with Crippen molar-refractivity contribution in [1.82, 2.24) is 5.48 Å². The summed E-state index contributed by atoms with van der Waals surface area (Å²) in [6.07, 6.45) is 3.97. The van der Waals surface area contributed by atoms with Gasteiger partial charge >= 0.3 is 5.97 Å². The van der Waals surface area contributed by atoms with Crippen LogP contribution in [-0.4, -0.2) is 81.8 Å². The topological polar surface area (TPSA) is 142 Å². The van der Waals surface area contributed by atoms with Gasteiger partial charge in [0, 0.05) is 37.2 Å². The number of hydrogen-bond donors (Lipinski definition) is 4. The van der Waals surface area contributed by atoms with Gasteiger partial charge in [-0.1, -0.05) is 0 Å². The fourth-order valence-corrected chi connectivity index (χ4v) is 7.87. The number of rotatable bonds is 10.